The van der Waals surface area contributed by atoms with Crippen LogP contribution in [0.4, 0.5) is 0 Å². The van der Waals surface area contributed by atoms with Crippen molar-refractivity contribution in [2.75, 3.05) is 33.2 Å². The molecule has 2 aromatic rings. The molecule has 0 spiro atoms. The van der Waals surface area contributed by atoms with E-state index in [1.165, 1.54) is 10.6 Å². The highest BCUT2D eigenvalue weighted by Crippen LogP contribution is 2.22. The maximum Gasteiger partial charge on any atom is 0.220 e. The lowest BCUT2D eigenvalue weighted by molar-refractivity contribution is 0.259. The molecule has 3 heterocycles. The summed E-state index contributed by atoms with van der Waals surface area (Å²) >= 11 is 0. The van der Waals surface area contributed by atoms with E-state index in [1.54, 1.807) is 13.1 Å². The Bertz CT molecular complexity index is 919. The number of aromatic nitrogens is 2. The van der Waals surface area contributed by atoms with E-state index in [9.17, 15) is 8.42 Å². The van der Waals surface area contributed by atoms with E-state index < -0.39 is 10.0 Å². The number of piperazine rings is 1. The zero-order chi connectivity index (χ0) is 21.6. The topological polar surface area (TPSA) is 117 Å². The summed E-state index contributed by atoms with van der Waals surface area (Å²) in [4.78, 5) is 6.37. The molecule has 1 saturated heterocycles. The number of guanidine groups is 1. The molecular weight excluding hydrogens is 535 g/mol. The minimum absolute atomic E-state index is 0. The van der Waals surface area contributed by atoms with E-state index in [2.05, 4.69) is 34.5 Å². The normalized spacial score (nSPS) is 15.9. The first-order valence-electron chi connectivity index (χ1n) is 10.2. The third-order valence-corrected chi connectivity index (χ3v) is 7.18. The second-order valence-corrected chi connectivity index (χ2v) is 9.23. The highest BCUT2D eigenvalue weighted by atomic mass is 127. The van der Waals surface area contributed by atoms with Crippen molar-refractivity contribution in [3.05, 3.63) is 35.5 Å². The lowest BCUT2D eigenvalue weighted by atomic mass is 9.99. The molecule has 0 unspecified atom stereocenters. The standard InChI is InChI=1S/C19H30N6O4S.HI/c1-4-15(5-2)18-12-17(29-23-18)13-21-19(20-3)24-7-9-25(10-8-24)30(26,27)14-16-6-11-28-22-16;/h6,11-12,15H,4-5,7-10,13-14H2,1-3H3,(H,20,21);1H. The van der Waals surface area contributed by atoms with Crippen LogP contribution >= 0.6 is 24.0 Å². The number of nitrogens with zero attached hydrogens (tertiary/aromatic N) is 5. The molecule has 2 aromatic heterocycles. The lowest BCUT2D eigenvalue weighted by Gasteiger charge is -2.35. The van der Waals surface area contributed by atoms with Crippen LogP contribution in [0.15, 0.2) is 32.4 Å². The molecule has 0 atom stereocenters. The van der Waals surface area contributed by atoms with Gasteiger partial charge in [-0.3, -0.25) is 4.99 Å². The maximum absolute atomic E-state index is 12.6. The first kappa shape index (κ1) is 25.6. The van der Waals surface area contributed by atoms with Crippen LogP contribution in [0.2, 0.25) is 0 Å². The molecule has 1 aliphatic rings. The van der Waals surface area contributed by atoms with Crippen molar-refractivity contribution in [3.8, 4) is 0 Å². The minimum atomic E-state index is -3.43. The van der Waals surface area contributed by atoms with Crippen LogP contribution in [-0.2, 0) is 22.3 Å². The Hall–Kier alpha value is -1.67. The number of halogens is 1. The molecule has 1 aliphatic heterocycles. The van der Waals surface area contributed by atoms with Gasteiger partial charge in [-0.1, -0.05) is 24.2 Å². The Morgan fingerprint density at radius 2 is 1.94 bits per heavy atom. The number of nitrogens with one attached hydrogen (secondary N) is 1. The Morgan fingerprint density at radius 1 is 1.23 bits per heavy atom. The molecule has 0 bridgehead atoms. The Kier molecular flexibility index (Phi) is 9.75. The van der Waals surface area contributed by atoms with Crippen LogP contribution in [0.25, 0.3) is 0 Å². The van der Waals surface area contributed by atoms with Gasteiger partial charge >= 0.3 is 0 Å². The zero-order valence-electron chi connectivity index (χ0n) is 18.2. The number of hydrogen-bond donors (Lipinski definition) is 1. The molecule has 1 N–H and O–H groups in total. The molecule has 12 heteroatoms. The van der Waals surface area contributed by atoms with Gasteiger partial charge in [-0.15, -0.1) is 24.0 Å². The summed E-state index contributed by atoms with van der Waals surface area (Å²) in [5, 5.41) is 11.2. The first-order chi connectivity index (χ1) is 14.5. The zero-order valence-corrected chi connectivity index (χ0v) is 21.3. The Labute approximate surface area is 200 Å². The van der Waals surface area contributed by atoms with Gasteiger partial charge in [0.15, 0.2) is 11.7 Å². The molecule has 0 amide bonds. The third-order valence-electron chi connectivity index (χ3n) is 5.37. The smallest absolute Gasteiger partial charge is 0.220 e. The second-order valence-electron chi connectivity index (χ2n) is 7.27. The number of rotatable bonds is 8. The van der Waals surface area contributed by atoms with E-state index in [0.717, 1.165) is 24.3 Å². The minimum Gasteiger partial charge on any atom is -0.364 e. The van der Waals surface area contributed by atoms with Gasteiger partial charge in [0.2, 0.25) is 10.0 Å². The van der Waals surface area contributed by atoms with Crippen molar-refractivity contribution in [2.24, 2.45) is 4.99 Å². The van der Waals surface area contributed by atoms with Gasteiger partial charge in [-0.2, -0.15) is 4.31 Å². The number of aliphatic imine (C=N–C) groups is 1. The fourth-order valence-electron chi connectivity index (χ4n) is 3.58. The van der Waals surface area contributed by atoms with Crippen molar-refractivity contribution >= 4 is 40.0 Å². The van der Waals surface area contributed by atoms with Crippen molar-refractivity contribution in [1.82, 2.24) is 24.8 Å². The fourth-order valence-corrected chi connectivity index (χ4v) is 5.00. The molecule has 1 fully saturated rings. The Balaban J connectivity index is 0.00000341. The van der Waals surface area contributed by atoms with Gasteiger partial charge < -0.3 is 19.3 Å². The second kappa shape index (κ2) is 11.8. The number of hydrogen-bond acceptors (Lipinski definition) is 7. The summed E-state index contributed by atoms with van der Waals surface area (Å²) in [6.45, 7) is 6.65. The average molecular weight is 566 g/mol. The molecule has 0 aliphatic carbocycles. The monoisotopic (exact) mass is 566 g/mol. The summed E-state index contributed by atoms with van der Waals surface area (Å²) in [7, 11) is -1.71. The van der Waals surface area contributed by atoms with E-state index in [4.69, 9.17) is 9.05 Å². The molecule has 10 nitrogen and oxygen atoms in total. The highest BCUT2D eigenvalue weighted by Gasteiger charge is 2.29. The third kappa shape index (κ3) is 6.65. The molecule has 0 radical (unpaired) electrons. The first-order valence-corrected chi connectivity index (χ1v) is 11.9. The van der Waals surface area contributed by atoms with Crippen LogP contribution in [0.3, 0.4) is 0 Å². The molecule has 0 aromatic carbocycles. The van der Waals surface area contributed by atoms with Crippen LogP contribution in [0.1, 0.15) is 49.8 Å². The molecule has 0 saturated carbocycles. The average Bonchev–Trinajstić information content (AvgIpc) is 3.42. The van der Waals surface area contributed by atoms with Gasteiger partial charge in [0.25, 0.3) is 0 Å². The largest absolute Gasteiger partial charge is 0.364 e. The van der Waals surface area contributed by atoms with Crippen molar-refractivity contribution in [1.29, 1.82) is 0 Å². The molecule has 31 heavy (non-hydrogen) atoms. The van der Waals surface area contributed by atoms with Crippen molar-refractivity contribution < 1.29 is 17.5 Å². The van der Waals surface area contributed by atoms with Crippen molar-refractivity contribution in [3.63, 3.8) is 0 Å². The van der Waals surface area contributed by atoms with Crippen LogP contribution < -0.4 is 5.32 Å². The van der Waals surface area contributed by atoms with Crippen LogP contribution in [-0.4, -0.2) is 67.1 Å². The van der Waals surface area contributed by atoms with Crippen molar-refractivity contribution in [2.45, 2.75) is 44.9 Å². The fraction of sp³-hybridized carbons (Fsp3) is 0.632. The van der Waals surface area contributed by atoms with E-state index in [0.29, 0.717) is 50.3 Å². The summed E-state index contributed by atoms with van der Waals surface area (Å²) in [6, 6.07) is 3.56. The summed E-state index contributed by atoms with van der Waals surface area (Å²) in [5.74, 6) is 1.73. The molecule has 174 valence electrons. The highest BCUT2D eigenvalue weighted by molar-refractivity contribution is 14.0. The summed E-state index contributed by atoms with van der Waals surface area (Å²) in [6.07, 6.45) is 3.43. The Morgan fingerprint density at radius 3 is 2.52 bits per heavy atom. The van der Waals surface area contributed by atoms with Gasteiger partial charge in [-0.05, 0) is 12.8 Å². The van der Waals surface area contributed by atoms with E-state index >= 15 is 0 Å². The quantitative estimate of drug-likeness (QED) is 0.294. The van der Waals surface area contributed by atoms with E-state index in [-0.39, 0.29) is 29.7 Å². The SMILES string of the molecule is CCC(CC)c1cc(CNC(=NC)N2CCN(S(=O)(=O)Cc3ccon3)CC2)on1.I. The van der Waals surface area contributed by atoms with Gasteiger partial charge in [0.05, 0.1) is 17.9 Å². The van der Waals surface area contributed by atoms with E-state index in [1.807, 2.05) is 11.0 Å². The molecule has 3 rings (SSSR count). The number of sulfonamides is 1. The lowest BCUT2D eigenvalue weighted by Crippen LogP contribution is -2.53. The maximum atomic E-state index is 12.6. The van der Waals surface area contributed by atoms with Gasteiger partial charge in [-0.25, -0.2) is 8.42 Å². The predicted octanol–water partition coefficient (Wildman–Crippen LogP) is 2.41. The van der Waals surface area contributed by atoms with Crippen LogP contribution in [0.5, 0.6) is 0 Å². The van der Waals surface area contributed by atoms with Gasteiger partial charge in [0, 0.05) is 51.3 Å². The van der Waals surface area contributed by atoms with Crippen LogP contribution in [0, 0.1) is 0 Å². The predicted molar refractivity (Wildman–Crippen MR) is 128 cm³/mol. The van der Waals surface area contributed by atoms with Gasteiger partial charge in [0.1, 0.15) is 12.0 Å². The summed E-state index contributed by atoms with van der Waals surface area (Å²) in [5.41, 5.74) is 1.40. The summed E-state index contributed by atoms with van der Waals surface area (Å²) < 4.78 is 36.8. The molecular formula is C19H31IN6O4S.